The van der Waals surface area contributed by atoms with Crippen LogP contribution in [-0.4, -0.2) is 22.1 Å². The molecule has 0 spiro atoms. The summed E-state index contributed by atoms with van der Waals surface area (Å²) in [5.74, 6) is -1.93. The molecular formula is C15H10Cl3NO4. The average molecular weight is 375 g/mol. The summed E-state index contributed by atoms with van der Waals surface area (Å²) in [6.07, 6.45) is -0.248. The number of amides is 1. The molecule has 0 unspecified atom stereocenters. The lowest BCUT2D eigenvalue weighted by Gasteiger charge is -2.11. The zero-order valence-corrected chi connectivity index (χ0v) is 13.7. The monoisotopic (exact) mass is 373 g/mol. The first-order chi connectivity index (χ1) is 10.8. The van der Waals surface area contributed by atoms with Gasteiger partial charge in [0.15, 0.2) is 0 Å². The summed E-state index contributed by atoms with van der Waals surface area (Å²) in [6, 6.07) is 6.96. The number of benzene rings is 2. The molecule has 0 atom stereocenters. The molecule has 0 saturated carbocycles. The highest BCUT2D eigenvalue weighted by Gasteiger charge is 2.19. The van der Waals surface area contributed by atoms with E-state index in [9.17, 15) is 14.7 Å². The van der Waals surface area contributed by atoms with Crippen molar-refractivity contribution < 1.29 is 19.8 Å². The third-order valence-corrected chi connectivity index (χ3v) is 4.05. The molecule has 2 aromatic carbocycles. The van der Waals surface area contributed by atoms with Gasteiger partial charge in [-0.15, -0.1) is 0 Å². The lowest BCUT2D eigenvalue weighted by atomic mass is 10.1. The minimum Gasteiger partial charge on any atom is -0.506 e. The van der Waals surface area contributed by atoms with E-state index in [4.69, 9.17) is 39.9 Å². The summed E-state index contributed by atoms with van der Waals surface area (Å²) in [6.45, 7) is 0. The van der Waals surface area contributed by atoms with E-state index in [0.29, 0.717) is 5.56 Å². The number of phenols is 1. The molecule has 0 aliphatic rings. The Morgan fingerprint density at radius 2 is 1.70 bits per heavy atom. The molecule has 8 heteroatoms. The Bertz CT molecular complexity index is 793. The molecule has 1 amide bonds. The van der Waals surface area contributed by atoms with Crippen molar-refractivity contribution in [1.29, 1.82) is 0 Å². The van der Waals surface area contributed by atoms with Crippen LogP contribution in [0.15, 0.2) is 30.3 Å². The highest BCUT2D eigenvalue weighted by molar-refractivity contribution is 6.46. The molecule has 23 heavy (non-hydrogen) atoms. The fraction of sp³-hybridized carbons (Fsp3) is 0.0667. The molecular weight excluding hydrogens is 365 g/mol. The Hall–Kier alpha value is -1.95. The Morgan fingerprint density at radius 3 is 2.35 bits per heavy atom. The molecule has 5 nitrogen and oxygen atoms in total. The van der Waals surface area contributed by atoms with Gasteiger partial charge in [-0.05, 0) is 29.8 Å². The van der Waals surface area contributed by atoms with Gasteiger partial charge in [0, 0.05) is 0 Å². The van der Waals surface area contributed by atoms with Crippen molar-refractivity contribution in [3.05, 3.63) is 56.5 Å². The van der Waals surface area contributed by atoms with Crippen molar-refractivity contribution in [2.24, 2.45) is 0 Å². The maximum Gasteiger partial charge on any atom is 0.307 e. The summed E-state index contributed by atoms with van der Waals surface area (Å²) < 4.78 is 0. The van der Waals surface area contributed by atoms with E-state index in [1.54, 1.807) is 0 Å². The number of carbonyl (C=O) groups is 2. The maximum atomic E-state index is 12.3. The number of carbonyl (C=O) groups excluding carboxylic acids is 1. The van der Waals surface area contributed by atoms with Crippen molar-refractivity contribution in [2.45, 2.75) is 6.42 Å². The SMILES string of the molecule is O=C(O)Cc1ccc(O)c(NC(=O)c2c(Cl)ccc(Cl)c2Cl)c1. The summed E-state index contributed by atoms with van der Waals surface area (Å²) in [5, 5.41) is 21.3. The number of carboxylic acids is 1. The van der Waals surface area contributed by atoms with Gasteiger partial charge >= 0.3 is 5.97 Å². The van der Waals surface area contributed by atoms with Gasteiger partial charge < -0.3 is 15.5 Å². The Morgan fingerprint density at radius 1 is 1.04 bits per heavy atom. The predicted molar refractivity (Wildman–Crippen MR) is 88.9 cm³/mol. The van der Waals surface area contributed by atoms with Gasteiger partial charge in [-0.2, -0.15) is 0 Å². The third kappa shape index (κ3) is 4.07. The predicted octanol–water partition coefficient (Wildman–Crippen LogP) is 4.23. The summed E-state index contributed by atoms with van der Waals surface area (Å²) in [7, 11) is 0. The van der Waals surface area contributed by atoms with Crippen LogP contribution in [0.4, 0.5) is 5.69 Å². The first-order valence-electron chi connectivity index (χ1n) is 6.28. The number of hydrogen-bond donors (Lipinski definition) is 3. The van der Waals surface area contributed by atoms with E-state index in [1.807, 2.05) is 0 Å². The first-order valence-corrected chi connectivity index (χ1v) is 7.41. The molecule has 3 N–H and O–H groups in total. The average Bonchev–Trinajstić information content (AvgIpc) is 2.46. The Kier molecular flexibility index (Phi) is 5.36. The van der Waals surface area contributed by atoms with Crippen LogP contribution >= 0.6 is 34.8 Å². The number of aromatic hydroxyl groups is 1. The number of nitrogens with one attached hydrogen (secondary N) is 1. The number of hydrogen-bond acceptors (Lipinski definition) is 3. The van der Waals surface area contributed by atoms with Crippen LogP contribution in [-0.2, 0) is 11.2 Å². The summed E-state index contributed by atoms with van der Waals surface area (Å²) >= 11 is 17.8. The molecule has 0 bridgehead atoms. The molecule has 120 valence electrons. The van der Waals surface area contributed by atoms with Crippen LogP contribution < -0.4 is 5.32 Å². The quantitative estimate of drug-likeness (QED) is 0.552. The number of halogens is 3. The summed E-state index contributed by atoms with van der Waals surface area (Å²) in [4.78, 5) is 23.1. The Labute approximate surface area is 146 Å². The van der Waals surface area contributed by atoms with Gasteiger partial charge in [0.1, 0.15) is 5.75 Å². The topological polar surface area (TPSA) is 86.6 Å². The number of phenolic OH excluding ortho intramolecular Hbond substituents is 1. The van der Waals surface area contributed by atoms with Crippen LogP contribution in [0.3, 0.4) is 0 Å². The molecule has 0 heterocycles. The normalized spacial score (nSPS) is 10.4. The van der Waals surface area contributed by atoms with E-state index in [2.05, 4.69) is 5.32 Å². The van der Waals surface area contributed by atoms with Crippen molar-refractivity contribution in [3.8, 4) is 5.75 Å². The van der Waals surface area contributed by atoms with Gasteiger partial charge in [0.05, 0.1) is 32.7 Å². The molecule has 0 radical (unpaired) electrons. The second kappa shape index (κ2) is 7.08. The molecule has 2 aromatic rings. The minimum atomic E-state index is -1.03. The summed E-state index contributed by atoms with van der Waals surface area (Å²) in [5.41, 5.74) is 0.415. The van der Waals surface area contributed by atoms with Crippen molar-refractivity contribution in [1.82, 2.24) is 0 Å². The van der Waals surface area contributed by atoms with Crippen LogP contribution in [0.2, 0.25) is 15.1 Å². The van der Waals surface area contributed by atoms with Gasteiger partial charge in [-0.3, -0.25) is 9.59 Å². The van der Waals surface area contributed by atoms with E-state index in [0.717, 1.165) is 0 Å². The molecule has 0 aromatic heterocycles. The van der Waals surface area contributed by atoms with Gasteiger partial charge in [0.25, 0.3) is 5.91 Å². The van der Waals surface area contributed by atoms with Gasteiger partial charge in [0.2, 0.25) is 0 Å². The van der Waals surface area contributed by atoms with E-state index < -0.39 is 11.9 Å². The molecule has 0 fully saturated rings. The van der Waals surface area contributed by atoms with Gasteiger partial charge in [-0.25, -0.2) is 0 Å². The zero-order valence-electron chi connectivity index (χ0n) is 11.4. The zero-order chi connectivity index (χ0) is 17.1. The molecule has 0 saturated heterocycles. The van der Waals surface area contributed by atoms with Crippen molar-refractivity contribution >= 4 is 52.4 Å². The second-order valence-electron chi connectivity index (χ2n) is 4.59. The number of carboxylic acid groups (broad SMARTS) is 1. The highest BCUT2D eigenvalue weighted by Crippen LogP contribution is 2.33. The minimum absolute atomic E-state index is 0.0159. The fourth-order valence-corrected chi connectivity index (χ4v) is 2.59. The molecule has 2 rings (SSSR count). The number of anilines is 1. The smallest absolute Gasteiger partial charge is 0.307 e. The van der Waals surface area contributed by atoms with E-state index >= 15 is 0 Å². The third-order valence-electron chi connectivity index (χ3n) is 2.94. The van der Waals surface area contributed by atoms with Crippen LogP contribution in [0.5, 0.6) is 5.75 Å². The lowest BCUT2D eigenvalue weighted by Crippen LogP contribution is -2.14. The molecule has 0 aliphatic heterocycles. The van der Waals surface area contributed by atoms with Crippen LogP contribution in [0.1, 0.15) is 15.9 Å². The second-order valence-corrected chi connectivity index (χ2v) is 5.79. The highest BCUT2D eigenvalue weighted by atomic mass is 35.5. The van der Waals surface area contributed by atoms with Crippen molar-refractivity contribution in [2.75, 3.05) is 5.32 Å². The van der Waals surface area contributed by atoms with E-state index in [-0.39, 0.29) is 38.5 Å². The maximum absolute atomic E-state index is 12.3. The lowest BCUT2D eigenvalue weighted by molar-refractivity contribution is -0.136. The van der Waals surface area contributed by atoms with Crippen LogP contribution in [0, 0.1) is 0 Å². The number of rotatable bonds is 4. The van der Waals surface area contributed by atoms with Gasteiger partial charge in [-0.1, -0.05) is 40.9 Å². The number of aliphatic carboxylic acids is 1. The Balaban J connectivity index is 2.34. The standard InChI is InChI=1S/C15H10Cl3NO4/c16-8-2-3-9(17)14(18)13(8)15(23)19-10-5-7(6-12(21)22)1-4-11(10)20/h1-5,20H,6H2,(H,19,23)(H,21,22). The van der Waals surface area contributed by atoms with E-state index in [1.165, 1.54) is 30.3 Å². The van der Waals surface area contributed by atoms with Crippen molar-refractivity contribution in [3.63, 3.8) is 0 Å². The fourth-order valence-electron chi connectivity index (χ4n) is 1.89. The largest absolute Gasteiger partial charge is 0.506 e. The molecule has 0 aliphatic carbocycles. The van der Waals surface area contributed by atoms with Crippen LogP contribution in [0.25, 0.3) is 0 Å². The first kappa shape index (κ1) is 17.4.